The highest BCUT2D eigenvalue weighted by Gasteiger charge is 2.26. The lowest BCUT2D eigenvalue weighted by atomic mass is 9.81. The molecule has 198 valence electrons. The minimum Gasteiger partial charge on any atom is -0.463 e. The molecule has 2 aromatic carbocycles. The predicted molar refractivity (Wildman–Crippen MR) is 143 cm³/mol. The molecule has 0 saturated heterocycles. The van der Waals surface area contributed by atoms with Gasteiger partial charge in [0.1, 0.15) is 5.75 Å². The van der Waals surface area contributed by atoms with Crippen LogP contribution in [0.25, 0.3) is 6.08 Å². The van der Waals surface area contributed by atoms with Crippen molar-refractivity contribution in [1.29, 1.82) is 0 Å². The van der Waals surface area contributed by atoms with Gasteiger partial charge in [-0.05, 0) is 86.4 Å². The van der Waals surface area contributed by atoms with Gasteiger partial charge in [-0.2, -0.15) is 0 Å². The predicted octanol–water partition coefficient (Wildman–Crippen LogP) is 5.17. The number of hydrogen-bond donors (Lipinski definition) is 2. The molecule has 3 rings (SSSR count). The number of rotatable bonds is 11. The average Bonchev–Trinajstić information content (AvgIpc) is 2.89. The van der Waals surface area contributed by atoms with Gasteiger partial charge in [0.15, 0.2) is 0 Å². The first-order valence-corrected chi connectivity index (χ1v) is 12.8. The van der Waals surface area contributed by atoms with Crippen molar-refractivity contribution in [3.05, 3.63) is 59.7 Å². The van der Waals surface area contributed by atoms with Gasteiger partial charge < -0.3 is 25.7 Å². The van der Waals surface area contributed by atoms with Crippen LogP contribution in [-0.4, -0.2) is 31.1 Å². The summed E-state index contributed by atoms with van der Waals surface area (Å²) in [6.07, 6.45) is 9.20. The molecule has 1 saturated carbocycles. The van der Waals surface area contributed by atoms with E-state index in [2.05, 4.69) is 6.92 Å². The summed E-state index contributed by atoms with van der Waals surface area (Å²) in [5.74, 6) is 0.0803. The first kappa shape index (κ1) is 27.8. The van der Waals surface area contributed by atoms with E-state index in [1.165, 1.54) is 24.6 Å². The van der Waals surface area contributed by atoms with Crippen molar-refractivity contribution >= 4 is 35.4 Å². The van der Waals surface area contributed by atoms with E-state index in [4.69, 9.17) is 25.7 Å². The average molecular weight is 509 g/mol. The zero-order chi connectivity index (χ0) is 26.6. The summed E-state index contributed by atoms with van der Waals surface area (Å²) < 4.78 is 15.9. The smallest absolute Gasteiger partial charge is 0.338 e. The topological polar surface area (TPSA) is 131 Å². The van der Waals surface area contributed by atoms with Crippen molar-refractivity contribution in [2.75, 3.05) is 24.7 Å². The second-order valence-corrected chi connectivity index (χ2v) is 9.35. The number of anilines is 2. The Balaban J connectivity index is 1.30. The van der Waals surface area contributed by atoms with E-state index in [9.17, 15) is 14.4 Å². The Kier molecular flexibility index (Phi) is 10.6. The van der Waals surface area contributed by atoms with Crippen molar-refractivity contribution < 1.29 is 28.6 Å². The van der Waals surface area contributed by atoms with Crippen LogP contribution in [0.15, 0.2) is 48.5 Å². The Labute approximate surface area is 218 Å². The number of benzene rings is 2. The zero-order valence-corrected chi connectivity index (χ0v) is 21.3. The van der Waals surface area contributed by atoms with Crippen LogP contribution in [0.1, 0.15) is 67.8 Å². The van der Waals surface area contributed by atoms with Gasteiger partial charge in [-0.25, -0.2) is 9.59 Å². The van der Waals surface area contributed by atoms with Crippen LogP contribution in [0, 0.1) is 11.8 Å². The normalized spacial score (nSPS) is 17.3. The summed E-state index contributed by atoms with van der Waals surface area (Å²) in [4.78, 5) is 36.4. The molecule has 1 aliphatic rings. The van der Waals surface area contributed by atoms with Gasteiger partial charge in [-0.3, -0.25) is 4.79 Å². The molecule has 1 fully saturated rings. The fourth-order valence-electron chi connectivity index (χ4n) is 4.28. The van der Waals surface area contributed by atoms with E-state index in [0.29, 0.717) is 35.5 Å². The van der Waals surface area contributed by atoms with Crippen LogP contribution < -0.4 is 16.2 Å². The highest BCUT2D eigenvalue weighted by atomic mass is 16.5. The monoisotopic (exact) mass is 508 g/mol. The van der Waals surface area contributed by atoms with Crippen molar-refractivity contribution in [3.8, 4) is 5.75 Å². The largest absolute Gasteiger partial charge is 0.463 e. The lowest BCUT2D eigenvalue weighted by Crippen LogP contribution is -2.25. The number of ether oxygens (including phenoxy) is 3. The second kappa shape index (κ2) is 14.1. The van der Waals surface area contributed by atoms with Crippen LogP contribution in [-0.2, 0) is 19.1 Å². The molecule has 0 amide bonds. The molecule has 37 heavy (non-hydrogen) atoms. The van der Waals surface area contributed by atoms with Gasteiger partial charge in [-0.1, -0.05) is 25.5 Å². The van der Waals surface area contributed by atoms with E-state index < -0.39 is 11.9 Å². The first-order valence-electron chi connectivity index (χ1n) is 12.8. The molecule has 0 spiro atoms. The molecule has 4 N–H and O–H groups in total. The quantitative estimate of drug-likeness (QED) is 0.140. The van der Waals surface area contributed by atoms with Crippen molar-refractivity contribution in [2.45, 2.75) is 51.9 Å². The van der Waals surface area contributed by atoms with E-state index >= 15 is 0 Å². The third-order valence-electron chi connectivity index (χ3n) is 6.50. The number of nitrogen functional groups attached to an aromatic ring is 2. The number of hydrogen-bond acceptors (Lipinski definition) is 8. The number of carbonyl (C=O) groups excluding carboxylic acids is 3. The maximum absolute atomic E-state index is 12.4. The van der Waals surface area contributed by atoms with Crippen LogP contribution in [0.3, 0.4) is 0 Å². The highest BCUT2D eigenvalue weighted by molar-refractivity contribution is 5.91. The summed E-state index contributed by atoms with van der Waals surface area (Å²) in [6.45, 7) is 2.60. The molecule has 0 aromatic heterocycles. The molecular weight excluding hydrogens is 472 g/mol. The minimum atomic E-state index is -0.501. The number of esters is 3. The summed E-state index contributed by atoms with van der Waals surface area (Å²) in [7, 11) is 0. The van der Waals surface area contributed by atoms with Crippen LogP contribution >= 0.6 is 0 Å². The molecule has 0 radical (unpaired) electrons. The Morgan fingerprint density at radius 2 is 1.51 bits per heavy atom. The fraction of sp³-hybridized carbons (Fsp3) is 0.414. The van der Waals surface area contributed by atoms with E-state index in [1.54, 1.807) is 36.4 Å². The maximum Gasteiger partial charge on any atom is 0.338 e. The summed E-state index contributed by atoms with van der Waals surface area (Å²) in [5, 5.41) is 0. The van der Waals surface area contributed by atoms with Gasteiger partial charge in [-0.15, -0.1) is 0 Å². The van der Waals surface area contributed by atoms with Crippen LogP contribution in [0.2, 0.25) is 0 Å². The van der Waals surface area contributed by atoms with E-state index in [-0.39, 0.29) is 25.1 Å². The summed E-state index contributed by atoms with van der Waals surface area (Å²) in [5.41, 5.74) is 13.2. The van der Waals surface area contributed by atoms with Crippen molar-refractivity contribution in [2.24, 2.45) is 11.8 Å². The summed E-state index contributed by atoms with van der Waals surface area (Å²) >= 11 is 0. The highest BCUT2D eigenvalue weighted by Crippen LogP contribution is 2.31. The van der Waals surface area contributed by atoms with Gasteiger partial charge >= 0.3 is 17.9 Å². The first-order chi connectivity index (χ1) is 17.8. The maximum atomic E-state index is 12.4. The van der Waals surface area contributed by atoms with Crippen LogP contribution in [0.4, 0.5) is 11.4 Å². The summed E-state index contributed by atoms with van der Waals surface area (Å²) in [6, 6.07) is 11.6. The van der Waals surface area contributed by atoms with Crippen LogP contribution in [0.5, 0.6) is 5.75 Å². The van der Waals surface area contributed by atoms with E-state index in [0.717, 1.165) is 37.2 Å². The minimum absolute atomic E-state index is 0.0215. The van der Waals surface area contributed by atoms with Gasteiger partial charge in [0, 0.05) is 17.5 Å². The molecule has 0 atom stereocenters. The molecule has 0 unspecified atom stereocenters. The Bertz CT molecular complexity index is 1070. The lowest BCUT2D eigenvalue weighted by molar-refractivity contribution is -0.140. The Morgan fingerprint density at radius 3 is 2.14 bits per heavy atom. The second-order valence-electron chi connectivity index (χ2n) is 9.35. The van der Waals surface area contributed by atoms with Gasteiger partial charge in [0.2, 0.25) is 0 Å². The number of carbonyl (C=O) groups is 3. The standard InChI is InChI=1S/C29H36N2O6/c1-2-20-5-10-22(11-6-20)29(34)37-26-12-7-21(8-13-26)9-14-27(32)35-15-3-4-16-36-28(33)23-17-24(30)19-25(31)18-23/h7-9,12-14,17-20,22H,2-6,10-11,15-16,30-31H2,1H3. The fourth-order valence-corrected chi connectivity index (χ4v) is 4.28. The number of nitrogens with two attached hydrogens (primary N) is 2. The van der Waals surface area contributed by atoms with Gasteiger partial charge in [0.25, 0.3) is 0 Å². The molecule has 1 aliphatic carbocycles. The molecule has 8 nitrogen and oxygen atoms in total. The third-order valence-corrected chi connectivity index (χ3v) is 6.50. The third kappa shape index (κ3) is 9.29. The molecule has 2 aromatic rings. The molecule has 0 aliphatic heterocycles. The van der Waals surface area contributed by atoms with E-state index in [1.807, 2.05) is 0 Å². The lowest BCUT2D eigenvalue weighted by Gasteiger charge is -2.26. The zero-order valence-electron chi connectivity index (χ0n) is 21.3. The molecular formula is C29H36N2O6. The number of unbranched alkanes of at least 4 members (excludes halogenated alkanes) is 1. The van der Waals surface area contributed by atoms with Crippen molar-refractivity contribution in [3.63, 3.8) is 0 Å². The van der Waals surface area contributed by atoms with Crippen molar-refractivity contribution in [1.82, 2.24) is 0 Å². The molecule has 0 heterocycles. The molecule has 8 heteroatoms. The SMILES string of the molecule is CCC1CCC(C(=O)Oc2ccc(C=CC(=O)OCCCCOC(=O)c3cc(N)cc(N)c3)cc2)CC1. The molecule has 0 bridgehead atoms. The Morgan fingerprint density at radius 1 is 0.892 bits per heavy atom. The van der Waals surface area contributed by atoms with Gasteiger partial charge in [0.05, 0.1) is 24.7 Å². The Hall–Kier alpha value is -3.81.